The molecule has 2 amide bonds. The van der Waals surface area contributed by atoms with E-state index in [4.69, 9.17) is 0 Å². The van der Waals surface area contributed by atoms with E-state index in [-0.39, 0.29) is 17.7 Å². The normalized spacial score (nSPS) is 18.0. The average Bonchev–Trinajstić information content (AvgIpc) is 3.48. The maximum atomic E-state index is 13.2. The molecule has 7 heteroatoms. The smallest absolute Gasteiger partial charge is 0.274 e. The number of carbonyl (C=O) groups excluding carboxylic acids is 2. The van der Waals surface area contributed by atoms with E-state index in [0.29, 0.717) is 38.2 Å². The summed E-state index contributed by atoms with van der Waals surface area (Å²) in [5.74, 6) is 0.133. The van der Waals surface area contributed by atoms with Gasteiger partial charge in [-0.2, -0.15) is 5.10 Å². The monoisotopic (exact) mass is 445 g/mol. The van der Waals surface area contributed by atoms with Crippen LogP contribution in [0, 0.1) is 5.41 Å². The van der Waals surface area contributed by atoms with E-state index in [2.05, 4.69) is 52.5 Å². The molecule has 0 bridgehead atoms. The van der Waals surface area contributed by atoms with Crippen molar-refractivity contribution in [2.45, 2.75) is 39.5 Å². The largest absolute Gasteiger partial charge is 0.356 e. The molecule has 3 aromatic rings. The zero-order valence-electron chi connectivity index (χ0n) is 19.5. The molecule has 1 aromatic carbocycles. The van der Waals surface area contributed by atoms with Crippen LogP contribution in [0.1, 0.15) is 54.9 Å². The Morgan fingerprint density at radius 2 is 1.94 bits per heavy atom. The summed E-state index contributed by atoms with van der Waals surface area (Å²) in [6, 6.07) is 14.0. The van der Waals surface area contributed by atoms with Gasteiger partial charge in [0.1, 0.15) is 5.69 Å². The quantitative estimate of drug-likeness (QED) is 0.579. The molecule has 0 aliphatic carbocycles. The molecule has 1 aliphatic rings. The molecule has 4 rings (SSSR count). The van der Waals surface area contributed by atoms with Crippen molar-refractivity contribution in [2.24, 2.45) is 5.41 Å². The summed E-state index contributed by atoms with van der Waals surface area (Å²) in [7, 11) is 0. The molecule has 0 saturated carbocycles. The van der Waals surface area contributed by atoms with Gasteiger partial charge in [0.15, 0.2) is 0 Å². The van der Waals surface area contributed by atoms with E-state index in [9.17, 15) is 9.59 Å². The van der Waals surface area contributed by atoms with Gasteiger partial charge in [-0.3, -0.25) is 19.7 Å². The summed E-state index contributed by atoms with van der Waals surface area (Å²) in [4.78, 5) is 32.3. The highest BCUT2D eigenvalue weighted by molar-refractivity contribution is 5.94. The fourth-order valence-corrected chi connectivity index (χ4v) is 4.50. The van der Waals surface area contributed by atoms with E-state index < -0.39 is 5.41 Å². The van der Waals surface area contributed by atoms with Crippen LogP contribution in [0.25, 0.3) is 11.1 Å². The number of H-pyrrole nitrogens is 1. The van der Waals surface area contributed by atoms with Crippen molar-refractivity contribution in [3.05, 3.63) is 71.8 Å². The number of nitrogens with one attached hydrogen (secondary N) is 2. The zero-order chi connectivity index (χ0) is 23.4. The Balaban J connectivity index is 1.58. The number of hydrogen-bond donors (Lipinski definition) is 2. The Labute approximate surface area is 194 Å². The Kier molecular flexibility index (Phi) is 6.58. The highest BCUT2D eigenvalue weighted by Crippen LogP contribution is 2.36. The van der Waals surface area contributed by atoms with Crippen molar-refractivity contribution >= 4 is 11.8 Å². The molecule has 1 atom stereocenters. The van der Waals surface area contributed by atoms with Gasteiger partial charge in [-0.1, -0.05) is 38.1 Å². The highest BCUT2D eigenvalue weighted by Gasteiger charge is 2.46. The van der Waals surface area contributed by atoms with Crippen LogP contribution in [-0.2, 0) is 11.2 Å². The number of aromatic nitrogens is 3. The lowest BCUT2D eigenvalue weighted by molar-refractivity contribution is -0.130. The van der Waals surface area contributed by atoms with Crippen LogP contribution in [0.15, 0.2) is 54.9 Å². The zero-order valence-corrected chi connectivity index (χ0v) is 19.5. The van der Waals surface area contributed by atoms with E-state index in [1.807, 2.05) is 31.2 Å². The Morgan fingerprint density at radius 1 is 1.15 bits per heavy atom. The summed E-state index contributed by atoms with van der Waals surface area (Å²) >= 11 is 0. The lowest BCUT2D eigenvalue weighted by Crippen LogP contribution is -2.45. The summed E-state index contributed by atoms with van der Waals surface area (Å²) in [6.45, 7) is 7.49. The molecule has 0 spiro atoms. The van der Waals surface area contributed by atoms with Crippen LogP contribution in [0.4, 0.5) is 0 Å². The summed E-state index contributed by atoms with van der Waals surface area (Å²) in [6.07, 6.45) is 4.74. The minimum Gasteiger partial charge on any atom is -0.356 e. The summed E-state index contributed by atoms with van der Waals surface area (Å²) in [5, 5.41) is 10.2. The first-order chi connectivity index (χ1) is 15.9. The van der Waals surface area contributed by atoms with Gasteiger partial charge in [0.05, 0.1) is 5.41 Å². The standard InChI is InChI=1S/C26H31N5O2/c1-4-28-25(33)26(16-19-6-5-7-21(14-19)20-8-11-27-12-9-20)10-13-31(17-26)24(32)23-15-22(18(2)3)29-30-23/h5-9,11-12,14-15,18H,4,10,13,16-17H2,1-3H3,(H,28,33)(H,29,30)/t26-/m1/s1. The lowest BCUT2D eigenvalue weighted by atomic mass is 9.79. The van der Waals surface area contributed by atoms with Crippen LogP contribution >= 0.6 is 0 Å². The van der Waals surface area contributed by atoms with Crippen molar-refractivity contribution in [3.63, 3.8) is 0 Å². The van der Waals surface area contributed by atoms with Gasteiger partial charge in [-0.25, -0.2) is 0 Å². The minimum absolute atomic E-state index is 0.000452. The number of nitrogens with zero attached hydrogens (tertiary/aromatic N) is 3. The molecule has 1 fully saturated rings. The fraction of sp³-hybridized carbons (Fsp3) is 0.385. The predicted molar refractivity (Wildman–Crippen MR) is 128 cm³/mol. The van der Waals surface area contributed by atoms with E-state index in [1.165, 1.54) is 0 Å². The number of benzene rings is 1. The molecule has 2 aromatic heterocycles. The van der Waals surface area contributed by atoms with Crippen LogP contribution in [0.3, 0.4) is 0 Å². The maximum Gasteiger partial charge on any atom is 0.274 e. The number of rotatable bonds is 7. The fourth-order valence-electron chi connectivity index (χ4n) is 4.50. The molecule has 0 radical (unpaired) electrons. The van der Waals surface area contributed by atoms with Gasteiger partial charge in [-0.05, 0) is 60.6 Å². The van der Waals surface area contributed by atoms with E-state index in [0.717, 1.165) is 22.4 Å². The van der Waals surface area contributed by atoms with E-state index in [1.54, 1.807) is 17.3 Å². The first kappa shape index (κ1) is 22.7. The number of hydrogen-bond acceptors (Lipinski definition) is 4. The third-order valence-electron chi connectivity index (χ3n) is 6.38. The molecule has 172 valence electrons. The molecular formula is C26H31N5O2. The molecule has 7 nitrogen and oxygen atoms in total. The first-order valence-electron chi connectivity index (χ1n) is 11.5. The lowest BCUT2D eigenvalue weighted by Gasteiger charge is -2.28. The van der Waals surface area contributed by atoms with Gasteiger partial charge < -0.3 is 10.2 Å². The SMILES string of the molecule is CCNC(=O)[C@@]1(Cc2cccc(-c3ccncc3)c2)CCN(C(=O)c2cc(C(C)C)[nH]n2)C1. The Hall–Kier alpha value is -3.48. The topological polar surface area (TPSA) is 91.0 Å². The molecule has 2 N–H and O–H groups in total. The Bertz CT molecular complexity index is 1120. The van der Waals surface area contributed by atoms with Crippen LogP contribution in [0.2, 0.25) is 0 Å². The molecular weight excluding hydrogens is 414 g/mol. The van der Waals surface area contributed by atoms with Crippen molar-refractivity contribution < 1.29 is 9.59 Å². The summed E-state index contributed by atoms with van der Waals surface area (Å²) < 4.78 is 0. The van der Waals surface area contributed by atoms with Gasteiger partial charge in [0.2, 0.25) is 5.91 Å². The molecule has 3 heterocycles. The van der Waals surface area contributed by atoms with Crippen LogP contribution < -0.4 is 5.32 Å². The van der Waals surface area contributed by atoms with Gasteiger partial charge in [-0.15, -0.1) is 0 Å². The summed E-state index contributed by atoms with van der Waals surface area (Å²) in [5.41, 5.74) is 3.92. The van der Waals surface area contributed by atoms with Crippen LogP contribution in [-0.4, -0.2) is 51.5 Å². The minimum atomic E-state index is -0.667. The second-order valence-corrected chi connectivity index (χ2v) is 9.09. The number of aromatic amines is 1. The molecule has 1 aliphatic heterocycles. The third-order valence-corrected chi connectivity index (χ3v) is 6.38. The third kappa shape index (κ3) is 4.82. The second-order valence-electron chi connectivity index (χ2n) is 9.09. The van der Waals surface area contributed by atoms with Crippen molar-refractivity contribution in [1.82, 2.24) is 25.4 Å². The van der Waals surface area contributed by atoms with Crippen LogP contribution in [0.5, 0.6) is 0 Å². The number of pyridine rings is 1. The average molecular weight is 446 g/mol. The maximum absolute atomic E-state index is 13.2. The van der Waals surface area contributed by atoms with Gasteiger partial charge in [0, 0.05) is 37.7 Å². The molecule has 0 unspecified atom stereocenters. The van der Waals surface area contributed by atoms with Gasteiger partial charge >= 0.3 is 0 Å². The van der Waals surface area contributed by atoms with Crippen molar-refractivity contribution in [3.8, 4) is 11.1 Å². The number of likely N-dealkylation sites (tertiary alicyclic amines) is 1. The first-order valence-corrected chi connectivity index (χ1v) is 11.5. The van der Waals surface area contributed by atoms with Gasteiger partial charge in [0.25, 0.3) is 5.91 Å². The second kappa shape index (κ2) is 9.57. The Morgan fingerprint density at radius 3 is 2.64 bits per heavy atom. The van der Waals surface area contributed by atoms with E-state index >= 15 is 0 Å². The van der Waals surface area contributed by atoms with Crippen molar-refractivity contribution in [2.75, 3.05) is 19.6 Å². The molecule has 1 saturated heterocycles. The highest BCUT2D eigenvalue weighted by atomic mass is 16.2. The predicted octanol–water partition coefficient (Wildman–Crippen LogP) is 3.81. The number of amides is 2. The molecule has 33 heavy (non-hydrogen) atoms. The number of carbonyl (C=O) groups is 2. The van der Waals surface area contributed by atoms with Crippen molar-refractivity contribution in [1.29, 1.82) is 0 Å².